The van der Waals surface area contributed by atoms with Crippen LogP contribution < -0.4 is 10.1 Å². The van der Waals surface area contributed by atoms with E-state index in [9.17, 15) is 18.0 Å². The summed E-state index contributed by atoms with van der Waals surface area (Å²) in [6.45, 7) is 2.39. The van der Waals surface area contributed by atoms with E-state index in [0.717, 1.165) is 19.3 Å². The number of ether oxygens (including phenoxy) is 1. The summed E-state index contributed by atoms with van der Waals surface area (Å²) in [6.07, 6.45) is 5.67. The van der Waals surface area contributed by atoms with Crippen LogP contribution in [0.25, 0.3) is 6.08 Å². The van der Waals surface area contributed by atoms with Crippen molar-refractivity contribution < 1.29 is 22.7 Å². The van der Waals surface area contributed by atoms with Gasteiger partial charge in [0.1, 0.15) is 5.75 Å². The minimum absolute atomic E-state index is 0.216. The number of anilines is 1. The quantitative estimate of drug-likeness (QED) is 0.432. The van der Waals surface area contributed by atoms with E-state index in [-0.39, 0.29) is 10.8 Å². The lowest BCUT2D eigenvalue weighted by Crippen LogP contribution is -2.35. The van der Waals surface area contributed by atoms with Gasteiger partial charge in [-0.25, -0.2) is 8.42 Å². The van der Waals surface area contributed by atoms with Gasteiger partial charge >= 0.3 is 5.97 Å². The molecule has 0 aromatic heterocycles. The molecule has 1 heterocycles. The Balaban J connectivity index is 1.65. The Kier molecular flexibility index (Phi) is 7.02. The maximum atomic E-state index is 12.7. The van der Waals surface area contributed by atoms with Crippen LogP contribution >= 0.6 is 0 Å². The first-order valence-corrected chi connectivity index (χ1v) is 11.2. The van der Waals surface area contributed by atoms with E-state index in [2.05, 4.69) is 5.32 Å². The molecule has 0 bridgehead atoms. The second kappa shape index (κ2) is 9.69. The molecular weight excluding hydrogens is 404 g/mol. The minimum atomic E-state index is -3.50. The van der Waals surface area contributed by atoms with Gasteiger partial charge in [0.2, 0.25) is 15.9 Å². The molecule has 0 aliphatic carbocycles. The number of sulfonamides is 1. The van der Waals surface area contributed by atoms with E-state index >= 15 is 0 Å². The number of carbonyl (C=O) groups excluding carboxylic acids is 2. The van der Waals surface area contributed by atoms with Crippen LogP contribution in [0, 0.1) is 0 Å². The van der Waals surface area contributed by atoms with Crippen molar-refractivity contribution in [3.8, 4) is 5.75 Å². The van der Waals surface area contributed by atoms with E-state index in [1.807, 2.05) is 0 Å². The van der Waals surface area contributed by atoms with Crippen LogP contribution in [0.4, 0.5) is 5.69 Å². The largest absolute Gasteiger partial charge is 0.426 e. The van der Waals surface area contributed by atoms with Crippen molar-refractivity contribution in [2.45, 2.75) is 31.1 Å². The van der Waals surface area contributed by atoms with Crippen molar-refractivity contribution in [1.29, 1.82) is 0 Å². The predicted octanol–water partition coefficient (Wildman–Crippen LogP) is 3.44. The van der Waals surface area contributed by atoms with E-state index in [0.29, 0.717) is 30.1 Å². The number of benzene rings is 2. The number of piperidine rings is 1. The second-order valence-electron chi connectivity index (χ2n) is 6.94. The third-order valence-corrected chi connectivity index (χ3v) is 6.57. The van der Waals surface area contributed by atoms with Crippen LogP contribution in [0.3, 0.4) is 0 Å². The van der Waals surface area contributed by atoms with Crippen LogP contribution in [-0.4, -0.2) is 37.7 Å². The van der Waals surface area contributed by atoms with Gasteiger partial charge in [-0.3, -0.25) is 9.59 Å². The molecule has 0 saturated carbocycles. The Bertz CT molecular complexity index is 1040. The number of hydrogen-bond donors (Lipinski definition) is 1. The Morgan fingerprint density at radius 2 is 1.67 bits per heavy atom. The predicted molar refractivity (Wildman–Crippen MR) is 114 cm³/mol. The Labute approximate surface area is 176 Å². The van der Waals surface area contributed by atoms with Crippen molar-refractivity contribution >= 4 is 33.7 Å². The van der Waals surface area contributed by atoms with E-state index in [4.69, 9.17) is 4.74 Å². The Morgan fingerprint density at radius 1 is 1.00 bits per heavy atom. The summed E-state index contributed by atoms with van der Waals surface area (Å²) >= 11 is 0. The summed E-state index contributed by atoms with van der Waals surface area (Å²) in [5.41, 5.74) is 1.07. The number of para-hydroxylation sites is 1. The molecule has 1 N–H and O–H groups in total. The summed E-state index contributed by atoms with van der Waals surface area (Å²) in [5, 5.41) is 2.69. The van der Waals surface area contributed by atoms with Crippen molar-refractivity contribution in [3.05, 3.63) is 60.2 Å². The first-order chi connectivity index (χ1) is 14.4. The molecule has 0 unspecified atom stereocenters. The van der Waals surface area contributed by atoms with Gasteiger partial charge in [0, 0.05) is 37.3 Å². The van der Waals surface area contributed by atoms with Gasteiger partial charge in [-0.05, 0) is 49.2 Å². The van der Waals surface area contributed by atoms with Gasteiger partial charge < -0.3 is 10.1 Å². The number of nitrogens with one attached hydrogen (secondary N) is 1. The lowest BCUT2D eigenvalue weighted by molar-refractivity contribution is -0.131. The highest BCUT2D eigenvalue weighted by atomic mass is 32.2. The first kappa shape index (κ1) is 21.7. The second-order valence-corrected chi connectivity index (χ2v) is 8.88. The van der Waals surface area contributed by atoms with Gasteiger partial charge in [0.25, 0.3) is 0 Å². The molecule has 2 aromatic rings. The van der Waals surface area contributed by atoms with Crippen molar-refractivity contribution in [1.82, 2.24) is 4.31 Å². The molecule has 1 fully saturated rings. The zero-order valence-corrected chi connectivity index (χ0v) is 17.5. The maximum Gasteiger partial charge on any atom is 0.308 e. The summed E-state index contributed by atoms with van der Waals surface area (Å²) in [7, 11) is -3.50. The monoisotopic (exact) mass is 428 g/mol. The summed E-state index contributed by atoms with van der Waals surface area (Å²) < 4.78 is 32.0. The number of esters is 1. The van der Waals surface area contributed by atoms with Crippen molar-refractivity contribution in [2.24, 2.45) is 0 Å². The molecule has 0 atom stereocenters. The minimum Gasteiger partial charge on any atom is -0.426 e. The highest BCUT2D eigenvalue weighted by molar-refractivity contribution is 7.89. The molecule has 0 radical (unpaired) electrons. The average molecular weight is 429 g/mol. The Morgan fingerprint density at radius 3 is 2.33 bits per heavy atom. The molecular formula is C22H24N2O5S. The maximum absolute atomic E-state index is 12.7. The molecule has 1 aliphatic rings. The molecule has 2 aromatic carbocycles. The molecule has 0 spiro atoms. The van der Waals surface area contributed by atoms with Crippen LogP contribution in [-0.2, 0) is 19.6 Å². The lowest BCUT2D eigenvalue weighted by atomic mass is 10.2. The standard InChI is InChI=1S/C22H24N2O5S/c1-17(25)29-21-8-4-3-7-18(21)9-14-22(26)23-19-10-12-20(13-11-19)30(27,28)24-15-5-2-6-16-24/h3-4,7-14H,2,5-6,15-16H2,1H3,(H,23,26)/b14-9+. The zero-order chi connectivity index (χ0) is 21.6. The lowest BCUT2D eigenvalue weighted by Gasteiger charge is -2.25. The topological polar surface area (TPSA) is 92.8 Å². The van der Waals surface area contributed by atoms with E-state index in [1.54, 1.807) is 42.5 Å². The number of carbonyl (C=O) groups is 2. The molecule has 1 amide bonds. The highest BCUT2D eigenvalue weighted by Gasteiger charge is 2.25. The van der Waals surface area contributed by atoms with Gasteiger partial charge in [0.15, 0.2) is 0 Å². The van der Waals surface area contributed by atoms with Crippen LogP contribution in [0.5, 0.6) is 5.75 Å². The van der Waals surface area contributed by atoms with Crippen molar-refractivity contribution in [2.75, 3.05) is 18.4 Å². The van der Waals surface area contributed by atoms with Gasteiger partial charge in [0.05, 0.1) is 4.90 Å². The first-order valence-electron chi connectivity index (χ1n) is 9.73. The average Bonchev–Trinajstić information content (AvgIpc) is 2.74. The molecule has 7 nitrogen and oxygen atoms in total. The zero-order valence-electron chi connectivity index (χ0n) is 16.7. The van der Waals surface area contributed by atoms with Crippen LogP contribution in [0.1, 0.15) is 31.7 Å². The smallest absolute Gasteiger partial charge is 0.308 e. The van der Waals surface area contributed by atoms with Gasteiger partial charge in [-0.1, -0.05) is 24.6 Å². The van der Waals surface area contributed by atoms with Gasteiger partial charge in [-0.15, -0.1) is 0 Å². The molecule has 8 heteroatoms. The fourth-order valence-corrected chi connectivity index (χ4v) is 4.70. The third-order valence-electron chi connectivity index (χ3n) is 4.66. The fourth-order valence-electron chi connectivity index (χ4n) is 3.18. The fraction of sp³-hybridized carbons (Fsp3) is 0.273. The molecule has 1 aliphatic heterocycles. The van der Waals surface area contributed by atoms with Crippen LogP contribution in [0.15, 0.2) is 59.5 Å². The highest BCUT2D eigenvalue weighted by Crippen LogP contribution is 2.22. The summed E-state index contributed by atoms with van der Waals surface area (Å²) in [5.74, 6) is -0.472. The number of amides is 1. The SMILES string of the molecule is CC(=O)Oc1ccccc1/C=C/C(=O)Nc1ccc(S(=O)(=O)N2CCCCC2)cc1. The molecule has 158 valence electrons. The number of nitrogens with zero attached hydrogens (tertiary/aromatic N) is 1. The van der Waals surface area contributed by atoms with Gasteiger partial charge in [-0.2, -0.15) is 4.31 Å². The number of hydrogen-bond acceptors (Lipinski definition) is 5. The van der Waals surface area contributed by atoms with E-state index < -0.39 is 16.0 Å². The molecule has 3 rings (SSSR count). The number of rotatable bonds is 6. The van der Waals surface area contributed by atoms with Crippen LogP contribution in [0.2, 0.25) is 0 Å². The normalized spacial score (nSPS) is 15.1. The van der Waals surface area contributed by atoms with Crippen molar-refractivity contribution in [3.63, 3.8) is 0 Å². The summed E-state index contributed by atoms with van der Waals surface area (Å²) in [6, 6.07) is 13.0. The molecule has 1 saturated heterocycles. The Hall–Kier alpha value is -2.97. The summed E-state index contributed by atoms with van der Waals surface area (Å²) in [4.78, 5) is 23.6. The third kappa shape index (κ3) is 5.55. The van der Waals surface area contributed by atoms with E-state index in [1.165, 1.54) is 29.4 Å². The molecule has 30 heavy (non-hydrogen) atoms.